The van der Waals surface area contributed by atoms with Crippen molar-refractivity contribution in [3.63, 3.8) is 0 Å². The zero-order chi connectivity index (χ0) is 23.6. The van der Waals surface area contributed by atoms with E-state index in [0.29, 0.717) is 18.1 Å². The first-order valence-corrected chi connectivity index (χ1v) is 14.0. The van der Waals surface area contributed by atoms with Crippen molar-refractivity contribution in [2.24, 2.45) is 4.99 Å². The van der Waals surface area contributed by atoms with Crippen molar-refractivity contribution < 1.29 is 4.74 Å². The molecule has 35 heavy (non-hydrogen) atoms. The number of aromatic amines is 1. The van der Waals surface area contributed by atoms with Crippen LogP contribution in [0.15, 0.2) is 53.5 Å². The van der Waals surface area contributed by atoms with Crippen LogP contribution in [0.4, 0.5) is 5.69 Å². The SMILES string of the molecule is CC(C1CSC(c2cc3cc(Oc4ccccc4)cc(NC4CCCC4)c3[nH]2)=N1)N1CCNCC1. The van der Waals surface area contributed by atoms with Crippen LogP contribution in [0.5, 0.6) is 11.5 Å². The van der Waals surface area contributed by atoms with Gasteiger partial charge in [0.25, 0.3) is 0 Å². The number of hydrogen-bond donors (Lipinski definition) is 3. The Bertz CT molecular complexity index is 1180. The quantitative estimate of drug-likeness (QED) is 0.411. The standard InChI is InChI=1S/C28H35N5OS/c1-19(33-13-11-29-12-14-33)26-18-35-28(32-26)25-16-20-15-23(34-22-9-3-2-4-10-22)17-24(27(20)31-25)30-21-7-5-6-8-21/h2-4,9-10,15-17,19,21,26,29-31H,5-8,11-14,18H2,1H3. The van der Waals surface area contributed by atoms with Crippen molar-refractivity contribution in [3.05, 3.63) is 54.2 Å². The molecule has 0 spiro atoms. The number of para-hydroxylation sites is 1. The molecular weight excluding hydrogens is 454 g/mol. The molecule has 2 atom stereocenters. The molecule has 1 aromatic heterocycles. The molecule has 1 saturated heterocycles. The number of anilines is 1. The number of thioether (sulfide) groups is 1. The van der Waals surface area contributed by atoms with E-state index in [1.807, 2.05) is 42.1 Å². The van der Waals surface area contributed by atoms with Crippen LogP contribution in [0.2, 0.25) is 0 Å². The normalized spacial score (nSPS) is 22.4. The first-order chi connectivity index (χ1) is 17.2. The highest BCUT2D eigenvalue weighted by atomic mass is 32.2. The zero-order valence-corrected chi connectivity index (χ0v) is 21.2. The third-order valence-electron chi connectivity index (χ3n) is 7.58. The maximum Gasteiger partial charge on any atom is 0.130 e. The fourth-order valence-corrected chi connectivity index (χ4v) is 6.69. The summed E-state index contributed by atoms with van der Waals surface area (Å²) in [5, 5.41) is 9.56. The molecule has 2 aromatic carbocycles. The van der Waals surface area contributed by atoms with Crippen LogP contribution in [0.3, 0.4) is 0 Å². The number of rotatable bonds is 7. The van der Waals surface area contributed by atoms with Crippen molar-refractivity contribution in [2.45, 2.75) is 50.7 Å². The molecule has 6 nitrogen and oxygen atoms in total. The van der Waals surface area contributed by atoms with E-state index in [9.17, 15) is 0 Å². The van der Waals surface area contributed by atoms with Gasteiger partial charge in [-0.15, -0.1) is 11.8 Å². The number of H-pyrrole nitrogens is 1. The summed E-state index contributed by atoms with van der Waals surface area (Å²) in [4.78, 5) is 11.5. The number of fused-ring (bicyclic) bond motifs is 1. The fraction of sp³-hybridized carbons (Fsp3) is 0.464. The lowest BCUT2D eigenvalue weighted by molar-refractivity contribution is 0.170. The van der Waals surface area contributed by atoms with Gasteiger partial charge in [0.1, 0.15) is 16.5 Å². The van der Waals surface area contributed by atoms with Gasteiger partial charge in [-0.25, -0.2) is 0 Å². The highest BCUT2D eigenvalue weighted by molar-refractivity contribution is 8.14. The predicted molar refractivity (Wildman–Crippen MR) is 147 cm³/mol. The first-order valence-electron chi connectivity index (χ1n) is 13.0. The van der Waals surface area contributed by atoms with Gasteiger partial charge in [-0.3, -0.25) is 9.89 Å². The van der Waals surface area contributed by atoms with Crippen LogP contribution >= 0.6 is 11.8 Å². The lowest BCUT2D eigenvalue weighted by Gasteiger charge is -2.34. The van der Waals surface area contributed by atoms with Gasteiger partial charge >= 0.3 is 0 Å². The Labute approximate surface area is 211 Å². The van der Waals surface area contributed by atoms with Crippen LogP contribution in [-0.2, 0) is 0 Å². The summed E-state index contributed by atoms with van der Waals surface area (Å²) < 4.78 is 6.24. The van der Waals surface area contributed by atoms with E-state index in [1.54, 1.807) is 0 Å². The predicted octanol–water partition coefficient (Wildman–Crippen LogP) is 5.47. The molecule has 3 aliphatic rings. The molecule has 6 rings (SSSR count). The van der Waals surface area contributed by atoms with Gasteiger partial charge in [-0.2, -0.15) is 0 Å². The lowest BCUT2D eigenvalue weighted by Crippen LogP contribution is -2.51. The number of piperazine rings is 1. The number of ether oxygens (including phenoxy) is 1. The second kappa shape index (κ2) is 10.2. The summed E-state index contributed by atoms with van der Waals surface area (Å²) in [5.41, 5.74) is 3.39. The minimum atomic E-state index is 0.340. The average Bonchev–Trinajstić information content (AvgIpc) is 3.66. The second-order valence-corrected chi connectivity index (χ2v) is 11.0. The first kappa shape index (κ1) is 23.0. The van der Waals surface area contributed by atoms with Gasteiger partial charge in [0, 0.05) is 55.5 Å². The zero-order valence-electron chi connectivity index (χ0n) is 20.4. The Hall–Kier alpha value is -2.48. The summed E-state index contributed by atoms with van der Waals surface area (Å²) in [6.07, 6.45) is 5.06. The summed E-state index contributed by atoms with van der Waals surface area (Å²) >= 11 is 1.88. The van der Waals surface area contributed by atoms with E-state index in [-0.39, 0.29) is 0 Å². The van der Waals surface area contributed by atoms with Gasteiger partial charge in [0.15, 0.2) is 0 Å². The largest absolute Gasteiger partial charge is 0.457 e. The summed E-state index contributed by atoms with van der Waals surface area (Å²) in [5.74, 6) is 2.77. The topological polar surface area (TPSA) is 64.7 Å². The lowest BCUT2D eigenvalue weighted by atomic mass is 10.1. The van der Waals surface area contributed by atoms with E-state index in [2.05, 4.69) is 45.6 Å². The Morgan fingerprint density at radius 2 is 1.86 bits per heavy atom. The molecule has 2 fully saturated rings. The summed E-state index contributed by atoms with van der Waals surface area (Å²) in [6.45, 7) is 6.71. The third kappa shape index (κ3) is 5.08. The maximum absolute atomic E-state index is 6.24. The molecule has 0 bridgehead atoms. The number of nitrogens with one attached hydrogen (secondary N) is 3. The van der Waals surface area contributed by atoms with Crippen LogP contribution in [0.25, 0.3) is 10.9 Å². The Morgan fingerprint density at radius 3 is 2.66 bits per heavy atom. The minimum absolute atomic E-state index is 0.340. The van der Waals surface area contributed by atoms with Crippen LogP contribution in [0, 0.1) is 0 Å². The van der Waals surface area contributed by atoms with E-state index in [4.69, 9.17) is 9.73 Å². The number of aliphatic imine (C=N–C) groups is 1. The van der Waals surface area contributed by atoms with Crippen molar-refractivity contribution in [2.75, 3.05) is 37.2 Å². The molecule has 0 radical (unpaired) electrons. The van der Waals surface area contributed by atoms with Crippen molar-refractivity contribution in [3.8, 4) is 11.5 Å². The maximum atomic E-state index is 6.24. The molecular formula is C28H35N5OS. The summed E-state index contributed by atoms with van der Waals surface area (Å²) in [6, 6.07) is 17.9. The van der Waals surface area contributed by atoms with Gasteiger partial charge in [0.05, 0.1) is 22.9 Å². The monoisotopic (exact) mass is 489 g/mol. The Kier molecular flexibility index (Phi) is 6.72. The second-order valence-electron chi connectivity index (χ2n) is 10.00. The number of benzene rings is 2. The van der Waals surface area contributed by atoms with Gasteiger partial charge in [-0.05, 0) is 44.0 Å². The molecule has 2 unspecified atom stereocenters. The van der Waals surface area contributed by atoms with E-state index >= 15 is 0 Å². The average molecular weight is 490 g/mol. The molecule has 3 N–H and O–H groups in total. The van der Waals surface area contributed by atoms with E-state index < -0.39 is 0 Å². The number of aromatic nitrogens is 1. The number of nitrogens with zero attached hydrogens (tertiary/aromatic N) is 2. The smallest absolute Gasteiger partial charge is 0.130 e. The molecule has 7 heteroatoms. The molecule has 184 valence electrons. The minimum Gasteiger partial charge on any atom is -0.457 e. The fourth-order valence-electron chi connectivity index (χ4n) is 5.54. The third-order valence-corrected chi connectivity index (χ3v) is 8.69. The van der Waals surface area contributed by atoms with Crippen molar-refractivity contribution in [1.82, 2.24) is 15.2 Å². The van der Waals surface area contributed by atoms with E-state index in [0.717, 1.165) is 70.8 Å². The van der Waals surface area contributed by atoms with Crippen molar-refractivity contribution in [1.29, 1.82) is 0 Å². The van der Waals surface area contributed by atoms with Crippen LogP contribution in [-0.4, -0.2) is 65.0 Å². The molecule has 3 heterocycles. The molecule has 2 aliphatic heterocycles. The van der Waals surface area contributed by atoms with Gasteiger partial charge < -0.3 is 20.4 Å². The number of hydrogen-bond acceptors (Lipinski definition) is 6. The molecule has 1 aliphatic carbocycles. The highest BCUT2D eigenvalue weighted by Gasteiger charge is 2.30. The highest BCUT2D eigenvalue weighted by Crippen LogP contribution is 2.36. The molecule has 3 aromatic rings. The Morgan fingerprint density at radius 1 is 1.06 bits per heavy atom. The van der Waals surface area contributed by atoms with Gasteiger partial charge in [-0.1, -0.05) is 31.0 Å². The van der Waals surface area contributed by atoms with Crippen molar-refractivity contribution >= 4 is 33.4 Å². The molecule has 1 saturated carbocycles. The van der Waals surface area contributed by atoms with Crippen LogP contribution in [0.1, 0.15) is 38.3 Å². The Balaban J connectivity index is 1.29. The summed E-state index contributed by atoms with van der Waals surface area (Å²) in [7, 11) is 0. The van der Waals surface area contributed by atoms with Crippen LogP contribution < -0.4 is 15.4 Å². The van der Waals surface area contributed by atoms with Gasteiger partial charge in [0.2, 0.25) is 0 Å². The molecule has 0 amide bonds. The van der Waals surface area contributed by atoms with E-state index in [1.165, 1.54) is 25.7 Å².